The van der Waals surface area contributed by atoms with Gasteiger partial charge in [0.15, 0.2) is 0 Å². The summed E-state index contributed by atoms with van der Waals surface area (Å²) in [5.41, 5.74) is 4.38. The van der Waals surface area contributed by atoms with E-state index >= 15 is 0 Å². The number of aromatic nitrogens is 1. The minimum atomic E-state index is -0.844. The molecule has 0 saturated carbocycles. The lowest BCUT2D eigenvalue weighted by Crippen LogP contribution is -2.57. The maximum absolute atomic E-state index is 13.8. The summed E-state index contributed by atoms with van der Waals surface area (Å²) in [7, 11) is 3.99. The largest absolute Gasteiger partial charge is 0.361 e. The summed E-state index contributed by atoms with van der Waals surface area (Å²) < 4.78 is 0. The fourth-order valence-electron chi connectivity index (χ4n) is 5.46. The molecule has 0 radical (unpaired) electrons. The van der Waals surface area contributed by atoms with E-state index in [0.29, 0.717) is 31.9 Å². The lowest BCUT2D eigenvalue weighted by molar-refractivity contribution is -0.118. The minimum Gasteiger partial charge on any atom is -0.361 e. The third kappa shape index (κ3) is 7.34. The number of H-pyrrole nitrogens is 1. The molecule has 1 aromatic heterocycles. The molecule has 5 amide bonds. The highest BCUT2D eigenvalue weighted by atomic mass is 16.2. The molecule has 224 valence electrons. The van der Waals surface area contributed by atoms with Crippen LogP contribution in [0.4, 0.5) is 21.0 Å². The van der Waals surface area contributed by atoms with E-state index < -0.39 is 6.04 Å². The Hall–Kier alpha value is -4.83. The number of para-hydroxylation sites is 2. The minimum absolute atomic E-state index is 0.201. The summed E-state index contributed by atoms with van der Waals surface area (Å²) in [4.78, 5) is 48.8. The van der Waals surface area contributed by atoms with Gasteiger partial charge in [-0.3, -0.25) is 4.79 Å². The number of rotatable bonds is 8. The topological polar surface area (TPSA) is 113 Å². The highest BCUT2D eigenvalue weighted by molar-refractivity contribution is 5.98. The molecule has 10 nitrogen and oxygen atoms in total. The lowest BCUT2D eigenvalue weighted by atomic mass is 9.92. The van der Waals surface area contributed by atoms with E-state index in [1.54, 1.807) is 9.80 Å². The Bertz CT molecular complexity index is 1560. The Balaban J connectivity index is 1.29. The summed E-state index contributed by atoms with van der Waals surface area (Å²) in [6.07, 6.45) is 1.91. The van der Waals surface area contributed by atoms with E-state index in [1.807, 2.05) is 106 Å². The molecule has 1 aliphatic heterocycles. The molecule has 2 atom stereocenters. The smallest absolute Gasteiger partial charge is 0.321 e. The van der Waals surface area contributed by atoms with Crippen molar-refractivity contribution < 1.29 is 14.4 Å². The number of fused-ring (bicyclic) bond motifs is 1. The molecule has 1 fully saturated rings. The van der Waals surface area contributed by atoms with Crippen LogP contribution in [0.5, 0.6) is 0 Å². The van der Waals surface area contributed by atoms with Gasteiger partial charge >= 0.3 is 12.1 Å². The van der Waals surface area contributed by atoms with Gasteiger partial charge in [0.05, 0.1) is 0 Å². The maximum atomic E-state index is 13.8. The summed E-state index contributed by atoms with van der Waals surface area (Å²) in [5.74, 6) is -0.628. The van der Waals surface area contributed by atoms with Crippen LogP contribution in [0.2, 0.25) is 0 Å². The molecular formula is C33H39N7O3. The van der Waals surface area contributed by atoms with E-state index in [9.17, 15) is 14.4 Å². The maximum Gasteiger partial charge on any atom is 0.321 e. The van der Waals surface area contributed by atoms with Crippen LogP contribution >= 0.6 is 0 Å². The van der Waals surface area contributed by atoms with Crippen LogP contribution in [0.3, 0.4) is 0 Å². The molecule has 2 heterocycles. The first-order chi connectivity index (χ1) is 20.8. The molecule has 0 bridgehead atoms. The number of nitrogens with one attached hydrogen (secondary N) is 4. The van der Waals surface area contributed by atoms with Crippen LogP contribution in [0.15, 0.2) is 85.1 Å². The predicted octanol–water partition coefficient (Wildman–Crippen LogP) is 4.90. The second kappa shape index (κ2) is 13.4. The van der Waals surface area contributed by atoms with Gasteiger partial charge in [-0.2, -0.15) is 0 Å². The van der Waals surface area contributed by atoms with Gasteiger partial charge in [0.2, 0.25) is 5.91 Å². The molecular weight excluding hydrogens is 542 g/mol. The van der Waals surface area contributed by atoms with E-state index in [-0.39, 0.29) is 23.9 Å². The average Bonchev–Trinajstić information content (AvgIpc) is 3.44. The van der Waals surface area contributed by atoms with Crippen molar-refractivity contribution in [3.05, 3.63) is 96.2 Å². The Morgan fingerprint density at radius 3 is 2.19 bits per heavy atom. The molecule has 1 aliphatic rings. The van der Waals surface area contributed by atoms with Crippen molar-refractivity contribution in [2.24, 2.45) is 0 Å². The fraction of sp³-hybridized carbons (Fsp3) is 0.303. The van der Waals surface area contributed by atoms with E-state index in [2.05, 4.69) is 25.8 Å². The van der Waals surface area contributed by atoms with Crippen molar-refractivity contribution in [1.29, 1.82) is 0 Å². The van der Waals surface area contributed by atoms with Crippen molar-refractivity contribution >= 4 is 40.2 Å². The molecule has 0 spiro atoms. The summed E-state index contributed by atoms with van der Waals surface area (Å²) in [5, 5.41) is 9.96. The Labute approximate surface area is 252 Å². The average molecular weight is 582 g/mol. The zero-order chi connectivity index (χ0) is 30.3. The summed E-state index contributed by atoms with van der Waals surface area (Å²) >= 11 is 0. The Morgan fingerprint density at radius 1 is 0.814 bits per heavy atom. The van der Waals surface area contributed by atoms with E-state index in [0.717, 1.165) is 34.3 Å². The van der Waals surface area contributed by atoms with Crippen LogP contribution in [-0.2, 0) is 11.3 Å². The molecule has 0 aliphatic carbocycles. The highest BCUT2D eigenvalue weighted by Crippen LogP contribution is 2.29. The molecule has 5 rings (SSSR count). The molecule has 43 heavy (non-hydrogen) atoms. The number of anilines is 2. The predicted molar refractivity (Wildman–Crippen MR) is 170 cm³/mol. The van der Waals surface area contributed by atoms with E-state index in [4.69, 9.17) is 0 Å². The molecule has 4 N–H and O–H groups in total. The zero-order valence-corrected chi connectivity index (χ0v) is 24.8. The van der Waals surface area contributed by atoms with Gasteiger partial charge in [0, 0.05) is 67.1 Å². The summed E-state index contributed by atoms with van der Waals surface area (Å²) in [6, 6.07) is 23.6. The highest BCUT2D eigenvalue weighted by Gasteiger charge is 2.32. The van der Waals surface area contributed by atoms with Crippen molar-refractivity contribution in [2.45, 2.75) is 25.4 Å². The molecule has 3 aromatic carbocycles. The van der Waals surface area contributed by atoms with Crippen molar-refractivity contribution in [3.63, 3.8) is 0 Å². The van der Waals surface area contributed by atoms with Gasteiger partial charge in [-0.05, 0) is 55.6 Å². The summed E-state index contributed by atoms with van der Waals surface area (Å²) in [6.45, 7) is 4.19. The fourth-order valence-corrected chi connectivity index (χ4v) is 5.46. The van der Waals surface area contributed by atoms with Gasteiger partial charge < -0.3 is 35.6 Å². The van der Waals surface area contributed by atoms with Gasteiger partial charge in [-0.1, -0.05) is 55.5 Å². The number of urea groups is 2. The number of hydrogen-bond donors (Lipinski definition) is 4. The van der Waals surface area contributed by atoms with Gasteiger partial charge in [-0.25, -0.2) is 9.59 Å². The Kier molecular flexibility index (Phi) is 9.26. The zero-order valence-electron chi connectivity index (χ0n) is 24.8. The molecule has 4 aromatic rings. The van der Waals surface area contributed by atoms with Crippen molar-refractivity contribution in [1.82, 2.24) is 25.0 Å². The van der Waals surface area contributed by atoms with Crippen LogP contribution < -0.4 is 16.0 Å². The first-order valence-corrected chi connectivity index (χ1v) is 14.6. The molecule has 0 unspecified atom stereocenters. The van der Waals surface area contributed by atoms with E-state index in [1.165, 1.54) is 0 Å². The monoisotopic (exact) mass is 581 g/mol. The van der Waals surface area contributed by atoms with Crippen LogP contribution in [0.1, 0.15) is 24.0 Å². The number of nitrogens with zero attached hydrogens (tertiary/aromatic N) is 3. The quantitative estimate of drug-likeness (QED) is 0.237. The molecule has 10 heteroatoms. The van der Waals surface area contributed by atoms with Crippen LogP contribution in [0.25, 0.3) is 10.9 Å². The first kappa shape index (κ1) is 29.7. The lowest BCUT2D eigenvalue weighted by Gasteiger charge is -2.36. The standard InChI is InChI=1S/C33H39N7O3/c1-23(28-21-34-29-15-8-7-14-27(28)29)30(31(41)35-26-13-9-10-24(20-26)22-38(2)3)37-33(43)40-18-16-39(17-19-40)32(42)36-25-11-5-4-6-12-25/h4-15,20-21,23,30,34H,16-19,22H2,1-3H3,(H,35,41)(H,36,42)(H,37,43)/t23-,30-/m1/s1. The van der Waals surface area contributed by atoms with Crippen molar-refractivity contribution in [3.8, 4) is 0 Å². The number of carbonyl (C=O) groups is 3. The van der Waals surface area contributed by atoms with Gasteiger partial charge in [0.25, 0.3) is 0 Å². The number of carbonyl (C=O) groups excluding carboxylic acids is 3. The van der Waals surface area contributed by atoms with Crippen LogP contribution in [0, 0.1) is 0 Å². The normalized spacial score (nSPS) is 14.8. The number of piperazine rings is 1. The third-order valence-electron chi connectivity index (χ3n) is 7.75. The number of hydrogen-bond acceptors (Lipinski definition) is 4. The Morgan fingerprint density at radius 2 is 1.47 bits per heavy atom. The SMILES string of the molecule is C[C@H](c1c[nH]c2ccccc12)[C@@H](NC(=O)N1CCN(C(=O)Nc2ccccc2)CC1)C(=O)Nc1cccc(CN(C)C)c1. The third-order valence-corrected chi connectivity index (χ3v) is 7.75. The van der Waals surface area contributed by atoms with Crippen LogP contribution in [-0.4, -0.2) is 84.0 Å². The molecule has 1 saturated heterocycles. The second-order valence-corrected chi connectivity index (χ2v) is 11.2. The van der Waals surface area contributed by atoms with Gasteiger partial charge in [-0.15, -0.1) is 0 Å². The number of aromatic amines is 1. The van der Waals surface area contributed by atoms with Crippen molar-refractivity contribution in [2.75, 3.05) is 50.9 Å². The second-order valence-electron chi connectivity index (χ2n) is 11.2. The number of benzene rings is 3. The first-order valence-electron chi connectivity index (χ1n) is 14.6. The van der Waals surface area contributed by atoms with Gasteiger partial charge in [0.1, 0.15) is 6.04 Å². The number of amides is 5.